The lowest BCUT2D eigenvalue weighted by atomic mass is 10.0. The smallest absolute Gasteiger partial charge is 0.265 e. The summed E-state index contributed by atoms with van der Waals surface area (Å²) >= 11 is 1.46. The number of carbonyl (C=O) groups excluding carboxylic acids is 1. The van der Waals surface area contributed by atoms with Gasteiger partial charge in [-0.15, -0.1) is 10.2 Å². The Labute approximate surface area is 151 Å². The molecule has 25 heavy (non-hydrogen) atoms. The highest BCUT2D eigenvalue weighted by Crippen LogP contribution is 2.35. The van der Waals surface area contributed by atoms with Gasteiger partial charge in [-0.1, -0.05) is 43.1 Å². The fraction of sp³-hybridized carbons (Fsp3) is 0.500. The summed E-state index contributed by atoms with van der Waals surface area (Å²) in [5.74, 6) is 1.08. The van der Waals surface area contributed by atoms with E-state index in [9.17, 15) is 4.79 Å². The van der Waals surface area contributed by atoms with Crippen LogP contribution >= 0.6 is 11.3 Å². The summed E-state index contributed by atoms with van der Waals surface area (Å²) in [6, 6.07) is 5.24. The van der Waals surface area contributed by atoms with Crippen molar-refractivity contribution >= 4 is 22.4 Å². The van der Waals surface area contributed by atoms with Gasteiger partial charge in [-0.3, -0.25) is 10.1 Å². The first-order valence-electron chi connectivity index (χ1n) is 8.58. The number of methoxy groups -OCH3 is 2. The number of hydrogen-bond donors (Lipinski definition) is 1. The number of amides is 1. The van der Waals surface area contributed by atoms with Gasteiger partial charge in [0.2, 0.25) is 5.13 Å². The molecule has 1 aromatic carbocycles. The van der Waals surface area contributed by atoms with Crippen LogP contribution in [0.2, 0.25) is 0 Å². The number of anilines is 1. The number of nitrogens with zero attached hydrogens (tertiary/aromatic N) is 2. The van der Waals surface area contributed by atoms with Gasteiger partial charge in [0.25, 0.3) is 5.91 Å². The fourth-order valence-electron chi connectivity index (χ4n) is 3.21. The fourth-order valence-corrected chi connectivity index (χ4v) is 4.12. The minimum absolute atomic E-state index is 0.308. The molecule has 1 aliphatic carbocycles. The Balaban J connectivity index is 1.76. The number of rotatable bonds is 5. The second-order valence-electron chi connectivity index (χ2n) is 6.13. The molecule has 1 saturated carbocycles. The maximum absolute atomic E-state index is 12.7. The summed E-state index contributed by atoms with van der Waals surface area (Å²) < 4.78 is 10.6. The molecule has 3 rings (SSSR count). The molecule has 2 aromatic rings. The van der Waals surface area contributed by atoms with Gasteiger partial charge in [-0.25, -0.2) is 0 Å². The standard InChI is InChI=1S/C18H23N3O3S/c1-23-13-10-7-11-14(24-2)15(13)16(22)19-18-21-20-17(25-18)12-8-5-3-4-6-9-12/h7,10-12H,3-6,8-9H2,1-2H3,(H,19,21,22). The van der Waals surface area contributed by atoms with Gasteiger partial charge in [-0.05, 0) is 25.0 Å². The van der Waals surface area contributed by atoms with Crippen molar-refractivity contribution in [2.75, 3.05) is 19.5 Å². The Bertz CT molecular complexity index is 702. The normalized spacial score (nSPS) is 15.4. The van der Waals surface area contributed by atoms with E-state index in [4.69, 9.17) is 9.47 Å². The Morgan fingerprint density at radius 2 is 1.72 bits per heavy atom. The zero-order valence-corrected chi connectivity index (χ0v) is 15.4. The molecule has 0 atom stereocenters. The second kappa shape index (κ2) is 8.29. The Morgan fingerprint density at radius 3 is 2.32 bits per heavy atom. The average Bonchev–Trinajstić information content (AvgIpc) is 2.92. The highest BCUT2D eigenvalue weighted by molar-refractivity contribution is 7.15. The van der Waals surface area contributed by atoms with E-state index in [2.05, 4.69) is 15.5 Å². The first-order chi connectivity index (χ1) is 12.2. The molecule has 1 heterocycles. The Hall–Kier alpha value is -2.15. The van der Waals surface area contributed by atoms with Crippen molar-refractivity contribution in [2.45, 2.75) is 44.4 Å². The Morgan fingerprint density at radius 1 is 1.08 bits per heavy atom. The quantitative estimate of drug-likeness (QED) is 0.806. The molecule has 0 radical (unpaired) electrons. The SMILES string of the molecule is COc1cccc(OC)c1C(=O)Nc1nnc(C2CCCCCC2)s1. The predicted octanol–water partition coefficient (Wildman–Crippen LogP) is 4.25. The van der Waals surface area contributed by atoms with E-state index in [1.54, 1.807) is 18.2 Å². The molecule has 1 amide bonds. The van der Waals surface area contributed by atoms with E-state index in [0.29, 0.717) is 28.1 Å². The van der Waals surface area contributed by atoms with E-state index in [1.807, 2.05) is 0 Å². The maximum Gasteiger partial charge on any atom is 0.265 e. The van der Waals surface area contributed by atoms with Crippen molar-refractivity contribution in [3.05, 3.63) is 28.8 Å². The van der Waals surface area contributed by atoms with Crippen LogP contribution in [0.5, 0.6) is 11.5 Å². The topological polar surface area (TPSA) is 73.3 Å². The molecule has 1 aromatic heterocycles. The van der Waals surface area contributed by atoms with Crippen LogP contribution in [0.15, 0.2) is 18.2 Å². The van der Waals surface area contributed by atoms with Crippen molar-refractivity contribution in [2.24, 2.45) is 0 Å². The predicted molar refractivity (Wildman–Crippen MR) is 97.9 cm³/mol. The van der Waals surface area contributed by atoms with Gasteiger partial charge in [0, 0.05) is 5.92 Å². The average molecular weight is 361 g/mol. The number of hydrogen-bond acceptors (Lipinski definition) is 6. The van der Waals surface area contributed by atoms with Crippen molar-refractivity contribution < 1.29 is 14.3 Å². The third-order valence-electron chi connectivity index (χ3n) is 4.52. The maximum atomic E-state index is 12.7. The molecule has 7 heteroatoms. The third-order valence-corrected chi connectivity index (χ3v) is 5.52. The van der Waals surface area contributed by atoms with Crippen LogP contribution in [0.3, 0.4) is 0 Å². The summed E-state index contributed by atoms with van der Waals surface area (Å²) in [7, 11) is 3.06. The van der Waals surface area contributed by atoms with E-state index < -0.39 is 0 Å². The Kier molecular flexibility index (Phi) is 5.86. The summed E-state index contributed by atoms with van der Waals surface area (Å²) in [5.41, 5.74) is 0.360. The van der Waals surface area contributed by atoms with Gasteiger partial charge >= 0.3 is 0 Å². The first kappa shape index (κ1) is 17.7. The highest BCUT2D eigenvalue weighted by Gasteiger charge is 2.22. The zero-order chi connectivity index (χ0) is 17.6. The number of aromatic nitrogens is 2. The lowest BCUT2D eigenvalue weighted by Crippen LogP contribution is -2.14. The molecule has 6 nitrogen and oxygen atoms in total. The highest BCUT2D eigenvalue weighted by atomic mass is 32.1. The summed E-state index contributed by atoms with van der Waals surface area (Å²) in [4.78, 5) is 12.7. The van der Waals surface area contributed by atoms with Crippen molar-refractivity contribution in [1.82, 2.24) is 10.2 Å². The second-order valence-corrected chi connectivity index (χ2v) is 7.13. The third kappa shape index (κ3) is 4.10. The largest absolute Gasteiger partial charge is 0.496 e. The van der Waals surface area contributed by atoms with Gasteiger partial charge in [-0.2, -0.15) is 0 Å². The van der Waals surface area contributed by atoms with Crippen LogP contribution in [0, 0.1) is 0 Å². The molecule has 0 saturated heterocycles. The molecule has 1 N–H and O–H groups in total. The number of carbonyl (C=O) groups is 1. The van der Waals surface area contributed by atoms with Crippen LogP contribution in [-0.4, -0.2) is 30.3 Å². The van der Waals surface area contributed by atoms with Crippen LogP contribution in [-0.2, 0) is 0 Å². The van der Waals surface area contributed by atoms with Crippen molar-refractivity contribution in [1.29, 1.82) is 0 Å². The molecule has 0 spiro atoms. The van der Waals surface area contributed by atoms with Crippen LogP contribution in [0.1, 0.15) is 59.8 Å². The van der Waals surface area contributed by atoms with Gasteiger partial charge in [0.15, 0.2) is 0 Å². The minimum atomic E-state index is -0.308. The molecule has 1 fully saturated rings. The van der Waals surface area contributed by atoms with Crippen molar-refractivity contribution in [3.63, 3.8) is 0 Å². The van der Waals surface area contributed by atoms with Crippen LogP contribution in [0.25, 0.3) is 0 Å². The minimum Gasteiger partial charge on any atom is -0.496 e. The first-order valence-corrected chi connectivity index (χ1v) is 9.40. The van der Waals surface area contributed by atoms with Gasteiger partial charge < -0.3 is 9.47 Å². The molecule has 0 bridgehead atoms. The number of benzene rings is 1. The number of nitrogens with one attached hydrogen (secondary N) is 1. The van der Waals surface area contributed by atoms with Gasteiger partial charge in [0.1, 0.15) is 22.1 Å². The van der Waals surface area contributed by atoms with E-state index in [1.165, 1.54) is 51.2 Å². The molecule has 1 aliphatic rings. The lowest BCUT2D eigenvalue weighted by Gasteiger charge is -2.11. The molecule has 0 unspecified atom stereocenters. The molecular weight excluding hydrogens is 338 g/mol. The number of ether oxygens (including phenoxy) is 2. The molecule has 0 aliphatic heterocycles. The molecular formula is C18H23N3O3S. The van der Waals surface area contributed by atoms with E-state index in [-0.39, 0.29) is 5.91 Å². The van der Waals surface area contributed by atoms with E-state index in [0.717, 1.165) is 17.8 Å². The van der Waals surface area contributed by atoms with Crippen LogP contribution < -0.4 is 14.8 Å². The molecule has 134 valence electrons. The monoisotopic (exact) mass is 361 g/mol. The summed E-state index contributed by atoms with van der Waals surface area (Å²) in [6.45, 7) is 0. The summed E-state index contributed by atoms with van der Waals surface area (Å²) in [6.07, 6.45) is 7.39. The summed E-state index contributed by atoms with van der Waals surface area (Å²) in [5, 5.41) is 12.8. The zero-order valence-electron chi connectivity index (χ0n) is 14.6. The lowest BCUT2D eigenvalue weighted by molar-refractivity contribution is 0.102. The van der Waals surface area contributed by atoms with Crippen LogP contribution in [0.4, 0.5) is 5.13 Å². The van der Waals surface area contributed by atoms with Gasteiger partial charge in [0.05, 0.1) is 14.2 Å². The van der Waals surface area contributed by atoms with Crippen molar-refractivity contribution in [3.8, 4) is 11.5 Å². The van der Waals surface area contributed by atoms with E-state index >= 15 is 0 Å².